The molecule has 118 valence electrons. The van der Waals surface area contributed by atoms with E-state index in [2.05, 4.69) is 4.90 Å². The van der Waals surface area contributed by atoms with Crippen molar-refractivity contribution in [2.45, 2.75) is 50.2 Å². The van der Waals surface area contributed by atoms with Crippen LogP contribution in [0.5, 0.6) is 0 Å². The maximum Gasteiger partial charge on any atom is 0.217 e. The molecule has 0 amide bonds. The summed E-state index contributed by atoms with van der Waals surface area (Å²) in [6, 6.07) is 0. The largest absolute Gasteiger partial charge is 0.330 e. The molecule has 0 radical (unpaired) electrons. The van der Waals surface area contributed by atoms with Gasteiger partial charge < -0.3 is 10.6 Å². The second-order valence-electron chi connectivity index (χ2n) is 6.04. The van der Waals surface area contributed by atoms with Crippen molar-refractivity contribution in [1.82, 2.24) is 9.21 Å². The van der Waals surface area contributed by atoms with Crippen LogP contribution in [0.4, 0.5) is 0 Å². The molecule has 5 nitrogen and oxygen atoms in total. The fourth-order valence-corrected chi connectivity index (χ4v) is 5.28. The quantitative estimate of drug-likeness (QED) is 0.713. The maximum atomic E-state index is 12.5. The van der Waals surface area contributed by atoms with Crippen LogP contribution in [0.25, 0.3) is 0 Å². The zero-order valence-corrected chi connectivity index (χ0v) is 13.3. The first-order valence-electron chi connectivity index (χ1n) is 8.06. The third-order valence-corrected chi connectivity index (χ3v) is 6.99. The first-order valence-corrected chi connectivity index (χ1v) is 9.56. The first-order chi connectivity index (χ1) is 9.64. The number of piperazine rings is 1. The van der Waals surface area contributed by atoms with E-state index in [1.807, 2.05) is 0 Å². The number of hydrogen-bond donors (Lipinski definition) is 1. The highest BCUT2D eigenvalue weighted by molar-refractivity contribution is 7.89. The fraction of sp³-hybridized carbons (Fsp3) is 1.00. The first kappa shape index (κ1) is 16.2. The van der Waals surface area contributed by atoms with Crippen LogP contribution in [0.2, 0.25) is 0 Å². The van der Waals surface area contributed by atoms with Gasteiger partial charge in [-0.2, -0.15) is 4.31 Å². The lowest BCUT2D eigenvalue weighted by atomic mass is 10.2. The smallest absolute Gasteiger partial charge is 0.217 e. The summed E-state index contributed by atoms with van der Waals surface area (Å²) in [6.07, 6.45) is 7.32. The number of hydrogen-bond acceptors (Lipinski definition) is 4. The van der Waals surface area contributed by atoms with Gasteiger partial charge in [-0.05, 0) is 38.8 Å². The van der Waals surface area contributed by atoms with Gasteiger partial charge in [0.05, 0.1) is 5.25 Å². The summed E-state index contributed by atoms with van der Waals surface area (Å²) in [7, 11) is -3.02. The van der Waals surface area contributed by atoms with Crippen molar-refractivity contribution in [3.63, 3.8) is 0 Å². The molecule has 1 saturated heterocycles. The summed E-state index contributed by atoms with van der Waals surface area (Å²) in [4.78, 5) is 2.39. The van der Waals surface area contributed by atoms with Gasteiger partial charge in [0, 0.05) is 26.2 Å². The number of sulfonamides is 1. The molecule has 2 N–H and O–H groups in total. The second-order valence-corrected chi connectivity index (χ2v) is 8.25. The minimum absolute atomic E-state index is 0.0985. The minimum Gasteiger partial charge on any atom is -0.330 e. The maximum absolute atomic E-state index is 12.5. The molecule has 0 aromatic carbocycles. The third kappa shape index (κ3) is 4.16. The molecule has 0 unspecified atom stereocenters. The van der Waals surface area contributed by atoms with Gasteiger partial charge in [0.1, 0.15) is 0 Å². The zero-order valence-electron chi connectivity index (χ0n) is 12.5. The van der Waals surface area contributed by atoms with Crippen LogP contribution in [0.1, 0.15) is 44.9 Å². The summed E-state index contributed by atoms with van der Waals surface area (Å²) in [5.41, 5.74) is 5.49. The van der Waals surface area contributed by atoms with E-state index in [1.165, 1.54) is 12.8 Å². The highest BCUT2D eigenvalue weighted by atomic mass is 32.2. The lowest BCUT2D eigenvalue weighted by Crippen LogP contribution is -2.50. The lowest BCUT2D eigenvalue weighted by Gasteiger charge is -2.35. The standard InChI is InChI=1S/C14H29N3O2S/c15-8-4-1-5-9-16-10-12-17(13-11-16)20(18,19)14-6-2-3-7-14/h14H,1-13,15H2. The molecule has 0 bridgehead atoms. The van der Waals surface area contributed by atoms with Gasteiger partial charge in [-0.3, -0.25) is 0 Å². The second kappa shape index (κ2) is 7.73. The Morgan fingerprint density at radius 1 is 0.950 bits per heavy atom. The van der Waals surface area contributed by atoms with Gasteiger partial charge in [-0.25, -0.2) is 8.42 Å². The third-order valence-electron chi connectivity index (χ3n) is 4.59. The zero-order chi connectivity index (χ0) is 14.4. The van der Waals surface area contributed by atoms with Crippen LogP contribution in [-0.2, 0) is 10.0 Å². The van der Waals surface area contributed by atoms with Gasteiger partial charge in [-0.1, -0.05) is 19.3 Å². The molecule has 0 spiro atoms. The number of nitrogens with zero attached hydrogens (tertiary/aromatic N) is 2. The van der Waals surface area contributed by atoms with Crippen LogP contribution in [-0.4, -0.2) is 62.1 Å². The van der Waals surface area contributed by atoms with Crippen molar-refractivity contribution in [2.75, 3.05) is 39.3 Å². The Balaban J connectivity index is 1.73. The predicted molar refractivity (Wildman–Crippen MR) is 82.1 cm³/mol. The Morgan fingerprint density at radius 2 is 1.60 bits per heavy atom. The van der Waals surface area contributed by atoms with Gasteiger partial charge in [0.15, 0.2) is 0 Å². The Hall–Kier alpha value is -0.170. The van der Waals surface area contributed by atoms with Crippen LogP contribution in [0, 0.1) is 0 Å². The average Bonchev–Trinajstić information content (AvgIpc) is 2.99. The molecule has 1 saturated carbocycles. The van der Waals surface area contributed by atoms with Gasteiger partial charge in [-0.15, -0.1) is 0 Å². The molecule has 1 aliphatic heterocycles. The van der Waals surface area contributed by atoms with Crippen LogP contribution >= 0.6 is 0 Å². The molecule has 1 aliphatic carbocycles. The SMILES string of the molecule is NCCCCCN1CCN(S(=O)(=O)C2CCCC2)CC1. The molecule has 1 heterocycles. The van der Waals surface area contributed by atoms with Crippen molar-refractivity contribution in [2.24, 2.45) is 5.73 Å². The van der Waals surface area contributed by atoms with Crippen molar-refractivity contribution < 1.29 is 8.42 Å². The van der Waals surface area contributed by atoms with E-state index in [-0.39, 0.29) is 5.25 Å². The van der Waals surface area contributed by atoms with E-state index < -0.39 is 10.0 Å². The molecule has 0 atom stereocenters. The van der Waals surface area contributed by atoms with Gasteiger partial charge in [0.2, 0.25) is 10.0 Å². The minimum atomic E-state index is -3.02. The van der Waals surface area contributed by atoms with Crippen molar-refractivity contribution in [3.05, 3.63) is 0 Å². The molecule has 2 aliphatic rings. The number of unbranched alkanes of at least 4 members (excludes halogenated alkanes) is 2. The molecule has 6 heteroatoms. The average molecular weight is 303 g/mol. The van der Waals surface area contributed by atoms with Crippen LogP contribution in [0.3, 0.4) is 0 Å². The molecular weight excluding hydrogens is 274 g/mol. The fourth-order valence-electron chi connectivity index (χ4n) is 3.26. The van der Waals surface area contributed by atoms with Crippen molar-refractivity contribution in [3.8, 4) is 0 Å². The van der Waals surface area contributed by atoms with E-state index in [0.29, 0.717) is 13.1 Å². The van der Waals surface area contributed by atoms with E-state index in [4.69, 9.17) is 5.73 Å². The van der Waals surface area contributed by atoms with Crippen molar-refractivity contribution in [1.29, 1.82) is 0 Å². The lowest BCUT2D eigenvalue weighted by molar-refractivity contribution is 0.184. The van der Waals surface area contributed by atoms with Crippen molar-refractivity contribution >= 4 is 10.0 Å². The molecule has 0 aromatic rings. The molecule has 20 heavy (non-hydrogen) atoms. The van der Waals surface area contributed by atoms with Gasteiger partial charge >= 0.3 is 0 Å². The van der Waals surface area contributed by atoms with Crippen LogP contribution < -0.4 is 5.73 Å². The Morgan fingerprint density at radius 3 is 2.20 bits per heavy atom. The summed E-state index contributed by atoms with van der Waals surface area (Å²) in [5.74, 6) is 0. The Bertz CT molecular complexity index is 372. The topological polar surface area (TPSA) is 66.6 Å². The summed E-state index contributed by atoms with van der Waals surface area (Å²) in [6.45, 7) is 4.97. The predicted octanol–water partition coefficient (Wildman–Crippen LogP) is 1.01. The normalized spacial score (nSPS) is 23.4. The number of nitrogens with two attached hydrogens (primary N) is 1. The summed E-state index contributed by atoms with van der Waals surface area (Å²) < 4.78 is 26.7. The van der Waals surface area contributed by atoms with E-state index in [0.717, 1.165) is 58.3 Å². The summed E-state index contributed by atoms with van der Waals surface area (Å²) >= 11 is 0. The summed E-state index contributed by atoms with van der Waals surface area (Å²) in [5, 5.41) is -0.0985. The monoisotopic (exact) mass is 303 g/mol. The van der Waals surface area contributed by atoms with E-state index in [9.17, 15) is 8.42 Å². The molecular formula is C14H29N3O2S. The Labute approximate surface area is 123 Å². The highest BCUT2D eigenvalue weighted by Gasteiger charge is 2.35. The highest BCUT2D eigenvalue weighted by Crippen LogP contribution is 2.27. The van der Waals surface area contributed by atoms with E-state index >= 15 is 0 Å². The van der Waals surface area contributed by atoms with Crippen LogP contribution in [0.15, 0.2) is 0 Å². The molecule has 0 aromatic heterocycles. The molecule has 2 rings (SSSR count). The molecule has 2 fully saturated rings. The number of rotatable bonds is 7. The van der Waals surface area contributed by atoms with Gasteiger partial charge in [0.25, 0.3) is 0 Å². The Kier molecular flexibility index (Phi) is 6.26. The van der Waals surface area contributed by atoms with E-state index in [1.54, 1.807) is 4.31 Å².